The summed E-state index contributed by atoms with van der Waals surface area (Å²) in [6, 6.07) is 0. The van der Waals surface area contributed by atoms with Crippen LogP contribution in [0.15, 0.2) is 17.1 Å². The highest BCUT2D eigenvalue weighted by Crippen LogP contribution is 2.07. The molecule has 1 unspecified atom stereocenters. The monoisotopic (exact) mass is 323 g/mol. The first-order valence-electron chi connectivity index (χ1n) is 5.07. The lowest BCUT2D eigenvalue weighted by atomic mass is 10.2. The third kappa shape index (κ3) is 3.34. The molecule has 15 heavy (non-hydrogen) atoms. The summed E-state index contributed by atoms with van der Waals surface area (Å²) in [6.45, 7) is 10.3. The van der Waals surface area contributed by atoms with Crippen LogP contribution in [0.4, 0.5) is 0 Å². The highest BCUT2D eigenvalue weighted by molar-refractivity contribution is 14.0. The van der Waals surface area contributed by atoms with Crippen molar-refractivity contribution in [3.05, 3.63) is 12.2 Å². The Bertz CT molecular complexity index is 267. The van der Waals surface area contributed by atoms with Crippen molar-refractivity contribution in [1.82, 2.24) is 10.2 Å². The smallest absolute Gasteiger partial charge is 0.194 e. The third-order valence-electron chi connectivity index (χ3n) is 2.49. The first kappa shape index (κ1) is 12.8. The van der Waals surface area contributed by atoms with Gasteiger partial charge in [0, 0.05) is 19.6 Å². The van der Waals surface area contributed by atoms with Crippen LogP contribution in [0.3, 0.4) is 0 Å². The predicted octanol–water partition coefficient (Wildman–Crippen LogP) is 0.841. The first-order chi connectivity index (χ1) is 6.75. The van der Waals surface area contributed by atoms with Crippen LogP contribution < -0.4 is 5.32 Å². The molecule has 1 N–H and O–H groups in total. The van der Waals surface area contributed by atoms with Crippen molar-refractivity contribution in [1.29, 1.82) is 0 Å². The van der Waals surface area contributed by atoms with Crippen molar-refractivity contribution in [2.24, 2.45) is 4.99 Å². The Morgan fingerprint density at radius 1 is 1.60 bits per heavy atom. The molecule has 0 radical (unpaired) electrons. The number of morpholine rings is 1. The zero-order valence-electron chi connectivity index (χ0n) is 9.03. The van der Waals surface area contributed by atoms with Gasteiger partial charge in [-0.05, 0) is 12.5 Å². The number of ether oxygens (including phenoxy) is 1. The number of rotatable bonds is 0. The van der Waals surface area contributed by atoms with Crippen molar-refractivity contribution in [2.45, 2.75) is 13.0 Å². The second kappa shape index (κ2) is 5.69. The summed E-state index contributed by atoms with van der Waals surface area (Å²) in [5.74, 6) is 1.01. The van der Waals surface area contributed by atoms with Gasteiger partial charge in [-0.3, -0.25) is 0 Å². The maximum Gasteiger partial charge on any atom is 0.194 e. The Kier molecular flexibility index (Phi) is 4.85. The molecule has 2 aliphatic heterocycles. The molecule has 0 bridgehead atoms. The molecule has 4 nitrogen and oxygen atoms in total. The zero-order chi connectivity index (χ0) is 9.97. The highest BCUT2D eigenvalue weighted by Gasteiger charge is 2.21. The second-order valence-electron chi connectivity index (χ2n) is 3.87. The molecular formula is C10H18IN3O. The van der Waals surface area contributed by atoms with Crippen LogP contribution in [0, 0.1) is 0 Å². The van der Waals surface area contributed by atoms with Crippen molar-refractivity contribution in [2.75, 3.05) is 32.8 Å². The maximum absolute atomic E-state index is 5.48. The molecule has 1 atom stereocenters. The summed E-state index contributed by atoms with van der Waals surface area (Å²) < 4.78 is 5.48. The molecular weight excluding hydrogens is 305 g/mol. The van der Waals surface area contributed by atoms with Crippen LogP contribution in [0.25, 0.3) is 0 Å². The highest BCUT2D eigenvalue weighted by atomic mass is 127. The number of nitrogens with zero attached hydrogens (tertiary/aromatic N) is 2. The summed E-state index contributed by atoms with van der Waals surface area (Å²) in [5, 5.41) is 3.28. The molecule has 0 saturated carbocycles. The molecule has 5 heteroatoms. The van der Waals surface area contributed by atoms with Crippen LogP contribution in [-0.4, -0.2) is 49.7 Å². The number of nitrogens with one attached hydrogen (secondary N) is 1. The van der Waals surface area contributed by atoms with Gasteiger partial charge in [0.2, 0.25) is 0 Å². The van der Waals surface area contributed by atoms with Gasteiger partial charge < -0.3 is 15.0 Å². The van der Waals surface area contributed by atoms with E-state index in [1.165, 1.54) is 0 Å². The molecule has 0 aromatic rings. The fourth-order valence-corrected chi connectivity index (χ4v) is 1.73. The molecule has 1 saturated heterocycles. The van der Waals surface area contributed by atoms with Crippen LogP contribution >= 0.6 is 24.0 Å². The van der Waals surface area contributed by atoms with Crippen LogP contribution in [0.5, 0.6) is 0 Å². The van der Waals surface area contributed by atoms with Gasteiger partial charge >= 0.3 is 0 Å². The third-order valence-corrected chi connectivity index (χ3v) is 2.49. The van der Waals surface area contributed by atoms with Gasteiger partial charge in [0.05, 0.1) is 19.3 Å². The Balaban J connectivity index is 0.00000112. The van der Waals surface area contributed by atoms with Crippen LogP contribution in [0.1, 0.15) is 6.92 Å². The molecule has 0 amide bonds. The molecule has 0 spiro atoms. The molecule has 2 rings (SSSR count). The van der Waals surface area contributed by atoms with E-state index < -0.39 is 0 Å². The topological polar surface area (TPSA) is 36.9 Å². The summed E-state index contributed by atoms with van der Waals surface area (Å²) in [5.41, 5.74) is 1.15. The minimum Gasteiger partial charge on any atom is -0.375 e. The number of hydrogen-bond acceptors (Lipinski definition) is 4. The van der Waals surface area contributed by atoms with E-state index in [0.29, 0.717) is 6.10 Å². The minimum absolute atomic E-state index is 0. The normalized spacial score (nSPS) is 26.5. The van der Waals surface area contributed by atoms with E-state index in [2.05, 4.69) is 28.7 Å². The number of aliphatic imine (C=N–C) groups is 1. The van der Waals surface area contributed by atoms with Gasteiger partial charge in [-0.25, -0.2) is 4.99 Å². The van der Waals surface area contributed by atoms with Crippen LogP contribution in [-0.2, 0) is 4.74 Å². The number of halogens is 1. The van der Waals surface area contributed by atoms with Gasteiger partial charge in [0.1, 0.15) is 0 Å². The van der Waals surface area contributed by atoms with Gasteiger partial charge in [-0.2, -0.15) is 0 Å². The molecule has 2 heterocycles. The van der Waals surface area contributed by atoms with E-state index in [9.17, 15) is 0 Å². The lowest BCUT2D eigenvalue weighted by Gasteiger charge is -2.35. The zero-order valence-corrected chi connectivity index (χ0v) is 11.4. The summed E-state index contributed by atoms with van der Waals surface area (Å²) >= 11 is 0. The van der Waals surface area contributed by atoms with Gasteiger partial charge in [-0.1, -0.05) is 6.58 Å². The van der Waals surface area contributed by atoms with E-state index in [4.69, 9.17) is 4.74 Å². The SMILES string of the molecule is C=C1CN=C(N2CCOC(C)C2)NC1.I. The van der Waals surface area contributed by atoms with Crippen molar-refractivity contribution >= 4 is 29.9 Å². The Hall–Kier alpha value is -0.300. The Morgan fingerprint density at radius 3 is 3.00 bits per heavy atom. The average molecular weight is 323 g/mol. The average Bonchev–Trinajstić information content (AvgIpc) is 2.19. The summed E-state index contributed by atoms with van der Waals surface area (Å²) in [7, 11) is 0. The number of guanidine groups is 1. The first-order valence-corrected chi connectivity index (χ1v) is 5.07. The van der Waals surface area contributed by atoms with E-state index in [-0.39, 0.29) is 24.0 Å². The Morgan fingerprint density at radius 2 is 2.40 bits per heavy atom. The molecule has 86 valence electrons. The van der Waals surface area contributed by atoms with E-state index in [0.717, 1.165) is 44.3 Å². The van der Waals surface area contributed by atoms with E-state index in [1.54, 1.807) is 0 Å². The lowest BCUT2D eigenvalue weighted by Crippen LogP contribution is -2.51. The van der Waals surface area contributed by atoms with Gasteiger partial charge in [0.15, 0.2) is 5.96 Å². The Labute approximate surface area is 108 Å². The maximum atomic E-state index is 5.48. The summed E-state index contributed by atoms with van der Waals surface area (Å²) in [4.78, 5) is 6.70. The van der Waals surface area contributed by atoms with Crippen molar-refractivity contribution < 1.29 is 4.74 Å². The fourth-order valence-electron chi connectivity index (χ4n) is 1.73. The van der Waals surface area contributed by atoms with Crippen LogP contribution in [0.2, 0.25) is 0 Å². The molecule has 0 aromatic heterocycles. The van der Waals surface area contributed by atoms with E-state index >= 15 is 0 Å². The number of hydrogen-bond donors (Lipinski definition) is 1. The van der Waals surface area contributed by atoms with E-state index in [1.807, 2.05) is 0 Å². The lowest BCUT2D eigenvalue weighted by molar-refractivity contribution is 0.00454. The molecule has 0 aliphatic carbocycles. The molecule has 1 fully saturated rings. The molecule has 0 aromatic carbocycles. The van der Waals surface area contributed by atoms with Crippen molar-refractivity contribution in [3.8, 4) is 0 Å². The molecule has 2 aliphatic rings. The quantitative estimate of drug-likeness (QED) is 0.530. The largest absolute Gasteiger partial charge is 0.375 e. The minimum atomic E-state index is 0. The van der Waals surface area contributed by atoms with Gasteiger partial charge in [0.25, 0.3) is 0 Å². The second-order valence-corrected chi connectivity index (χ2v) is 3.87. The predicted molar refractivity (Wildman–Crippen MR) is 71.8 cm³/mol. The summed E-state index contributed by atoms with van der Waals surface area (Å²) in [6.07, 6.45) is 0.304. The standard InChI is InChI=1S/C10H17N3O.HI/c1-8-5-11-10(12-6-8)13-3-4-14-9(2)7-13;/h9H,1,3-7H2,2H3,(H,11,12);1H. The van der Waals surface area contributed by atoms with Crippen molar-refractivity contribution in [3.63, 3.8) is 0 Å². The fraction of sp³-hybridized carbons (Fsp3) is 0.700. The van der Waals surface area contributed by atoms with Gasteiger partial charge in [-0.15, -0.1) is 24.0 Å².